The highest BCUT2D eigenvalue weighted by atomic mass is 16.3. The van der Waals surface area contributed by atoms with E-state index in [2.05, 4.69) is 13.5 Å². The molecule has 0 aromatic rings. The molecule has 0 amide bonds. The lowest BCUT2D eigenvalue weighted by Gasteiger charge is -2.31. The second kappa shape index (κ2) is 3.40. The Kier molecular flexibility index (Phi) is 2.72. The van der Waals surface area contributed by atoms with Gasteiger partial charge in [0, 0.05) is 5.92 Å². The highest BCUT2D eigenvalue weighted by Crippen LogP contribution is 2.32. The standard InChI is InChI=1S/C10H18O/c1-7(2)9-5-4-8(3)6-10(9)11/h8-11H,1,4-6H2,2-3H3/t8-,9+,10+/m0/s1. The van der Waals surface area contributed by atoms with Crippen LogP contribution in [0.5, 0.6) is 0 Å². The number of rotatable bonds is 1. The van der Waals surface area contributed by atoms with Crippen molar-refractivity contribution in [1.29, 1.82) is 0 Å². The zero-order chi connectivity index (χ0) is 8.43. The van der Waals surface area contributed by atoms with Crippen molar-refractivity contribution < 1.29 is 5.11 Å². The van der Waals surface area contributed by atoms with Crippen LogP contribution in [-0.2, 0) is 0 Å². The second-order valence-electron chi connectivity index (χ2n) is 3.94. The van der Waals surface area contributed by atoms with E-state index >= 15 is 0 Å². The summed E-state index contributed by atoms with van der Waals surface area (Å²) in [6.07, 6.45) is 3.19. The molecule has 1 N–H and O–H groups in total. The first kappa shape index (κ1) is 8.79. The van der Waals surface area contributed by atoms with Gasteiger partial charge in [-0.25, -0.2) is 0 Å². The van der Waals surface area contributed by atoms with Crippen molar-refractivity contribution in [2.75, 3.05) is 0 Å². The van der Waals surface area contributed by atoms with E-state index in [1.165, 1.54) is 6.42 Å². The molecule has 0 radical (unpaired) electrons. The summed E-state index contributed by atoms with van der Waals surface area (Å²) < 4.78 is 0. The SMILES string of the molecule is C=C(C)[C@H]1CC[C@H](C)C[C@H]1O. The van der Waals surface area contributed by atoms with Crippen molar-refractivity contribution in [3.05, 3.63) is 12.2 Å². The molecule has 3 atom stereocenters. The molecule has 0 unspecified atom stereocenters. The Morgan fingerprint density at radius 1 is 1.45 bits per heavy atom. The highest BCUT2D eigenvalue weighted by molar-refractivity contribution is 5.01. The average Bonchev–Trinajstić information content (AvgIpc) is 1.85. The van der Waals surface area contributed by atoms with E-state index in [0.29, 0.717) is 11.8 Å². The number of aliphatic hydroxyl groups excluding tert-OH is 1. The van der Waals surface area contributed by atoms with Crippen molar-refractivity contribution >= 4 is 0 Å². The third kappa shape index (κ3) is 2.06. The van der Waals surface area contributed by atoms with Crippen LogP contribution in [0.2, 0.25) is 0 Å². The zero-order valence-corrected chi connectivity index (χ0v) is 7.51. The molecule has 1 rings (SSSR count). The quantitative estimate of drug-likeness (QED) is 0.575. The predicted molar refractivity (Wildman–Crippen MR) is 47.3 cm³/mol. The summed E-state index contributed by atoms with van der Waals surface area (Å²) in [4.78, 5) is 0. The smallest absolute Gasteiger partial charge is 0.0607 e. The lowest BCUT2D eigenvalue weighted by molar-refractivity contribution is 0.0656. The lowest BCUT2D eigenvalue weighted by Crippen LogP contribution is -2.28. The fourth-order valence-corrected chi connectivity index (χ4v) is 1.93. The molecule has 1 nitrogen and oxygen atoms in total. The Balaban J connectivity index is 2.50. The topological polar surface area (TPSA) is 20.2 Å². The molecule has 1 aliphatic rings. The monoisotopic (exact) mass is 154 g/mol. The van der Waals surface area contributed by atoms with E-state index in [-0.39, 0.29) is 6.10 Å². The molecular formula is C10H18O. The summed E-state index contributed by atoms with van der Waals surface area (Å²) in [5.74, 6) is 1.06. The van der Waals surface area contributed by atoms with Crippen LogP contribution in [0.15, 0.2) is 12.2 Å². The zero-order valence-electron chi connectivity index (χ0n) is 7.51. The first-order chi connectivity index (χ1) is 5.11. The molecule has 0 spiro atoms. The van der Waals surface area contributed by atoms with Crippen LogP contribution in [0, 0.1) is 11.8 Å². The minimum atomic E-state index is -0.128. The first-order valence-corrected chi connectivity index (χ1v) is 4.44. The summed E-state index contributed by atoms with van der Waals surface area (Å²) in [6.45, 7) is 8.12. The molecule has 1 aliphatic carbocycles. The maximum absolute atomic E-state index is 9.65. The minimum Gasteiger partial charge on any atom is -0.392 e. The van der Waals surface area contributed by atoms with Gasteiger partial charge in [0.05, 0.1) is 6.10 Å². The van der Waals surface area contributed by atoms with Crippen molar-refractivity contribution in [2.24, 2.45) is 11.8 Å². The van der Waals surface area contributed by atoms with Gasteiger partial charge in [-0.3, -0.25) is 0 Å². The summed E-state index contributed by atoms with van der Waals surface area (Å²) >= 11 is 0. The first-order valence-electron chi connectivity index (χ1n) is 4.44. The van der Waals surface area contributed by atoms with Gasteiger partial charge in [-0.1, -0.05) is 19.1 Å². The Morgan fingerprint density at radius 3 is 2.55 bits per heavy atom. The van der Waals surface area contributed by atoms with Gasteiger partial charge < -0.3 is 5.11 Å². The van der Waals surface area contributed by atoms with Gasteiger partial charge >= 0.3 is 0 Å². The van der Waals surface area contributed by atoms with Gasteiger partial charge in [0.15, 0.2) is 0 Å². The third-order valence-corrected chi connectivity index (χ3v) is 2.71. The predicted octanol–water partition coefficient (Wildman–Crippen LogP) is 2.36. The number of hydrogen-bond acceptors (Lipinski definition) is 1. The molecule has 0 aromatic heterocycles. The molecule has 0 aromatic carbocycles. The van der Waals surface area contributed by atoms with Gasteiger partial charge in [-0.2, -0.15) is 0 Å². The molecule has 0 saturated heterocycles. The molecule has 1 heteroatoms. The third-order valence-electron chi connectivity index (χ3n) is 2.71. The van der Waals surface area contributed by atoms with Crippen LogP contribution in [-0.4, -0.2) is 11.2 Å². The van der Waals surface area contributed by atoms with Crippen LogP contribution < -0.4 is 0 Å². The molecule has 0 heterocycles. The van der Waals surface area contributed by atoms with Gasteiger partial charge in [-0.05, 0) is 32.1 Å². The number of hydrogen-bond donors (Lipinski definition) is 1. The Labute approximate surface area is 69.1 Å². The summed E-state index contributed by atoms with van der Waals surface area (Å²) in [6, 6.07) is 0. The van der Waals surface area contributed by atoms with E-state index in [1.807, 2.05) is 6.92 Å². The molecule has 64 valence electrons. The van der Waals surface area contributed by atoms with Crippen molar-refractivity contribution in [3.63, 3.8) is 0 Å². The normalized spacial score (nSPS) is 38.6. The minimum absolute atomic E-state index is 0.128. The van der Waals surface area contributed by atoms with Crippen molar-refractivity contribution in [2.45, 2.75) is 39.2 Å². The summed E-state index contributed by atoms with van der Waals surface area (Å²) in [5, 5.41) is 9.65. The maximum atomic E-state index is 9.65. The second-order valence-corrected chi connectivity index (χ2v) is 3.94. The average molecular weight is 154 g/mol. The number of aliphatic hydroxyl groups is 1. The van der Waals surface area contributed by atoms with Crippen LogP contribution in [0.25, 0.3) is 0 Å². The van der Waals surface area contributed by atoms with Crippen LogP contribution in [0.1, 0.15) is 33.1 Å². The van der Waals surface area contributed by atoms with Crippen molar-refractivity contribution in [1.82, 2.24) is 0 Å². The molecule has 1 fully saturated rings. The van der Waals surface area contributed by atoms with Crippen LogP contribution in [0.3, 0.4) is 0 Å². The largest absolute Gasteiger partial charge is 0.392 e. The van der Waals surface area contributed by atoms with E-state index in [1.54, 1.807) is 0 Å². The van der Waals surface area contributed by atoms with Gasteiger partial charge in [0.25, 0.3) is 0 Å². The van der Waals surface area contributed by atoms with Crippen molar-refractivity contribution in [3.8, 4) is 0 Å². The molecule has 11 heavy (non-hydrogen) atoms. The van der Waals surface area contributed by atoms with E-state index < -0.39 is 0 Å². The Bertz CT molecular complexity index is 151. The van der Waals surface area contributed by atoms with Crippen LogP contribution >= 0.6 is 0 Å². The lowest BCUT2D eigenvalue weighted by atomic mass is 9.78. The van der Waals surface area contributed by atoms with Gasteiger partial charge in [0.2, 0.25) is 0 Å². The Morgan fingerprint density at radius 2 is 2.09 bits per heavy atom. The van der Waals surface area contributed by atoms with Gasteiger partial charge in [-0.15, -0.1) is 0 Å². The van der Waals surface area contributed by atoms with E-state index in [4.69, 9.17) is 0 Å². The fourth-order valence-electron chi connectivity index (χ4n) is 1.93. The highest BCUT2D eigenvalue weighted by Gasteiger charge is 2.26. The molecule has 0 aliphatic heterocycles. The van der Waals surface area contributed by atoms with E-state index in [0.717, 1.165) is 18.4 Å². The molecule has 0 bridgehead atoms. The van der Waals surface area contributed by atoms with E-state index in [9.17, 15) is 5.11 Å². The molecular weight excluding hydrogens is 136 g/mol. The fraction of sp³-hybridized carbons (Fsp3) is 0.800. The summed E-state index contributed by atoms with van der Waals surface area (Å²) in [5.41, 5.74) is 1.14. The Hall–Kier alpha value is -0.300. The molecule has 1 saturated carbocycles. The van der Waals surface area contributed by atoms with Crippen LogP contribution in [0.4, 0.5) is 0 Å². The maximum Gasteiger partial charge on any atom is 0.0607 e. The van der Waals surface area contributed by atoms with Gasteiger partial charge in [0.1, 0.15) is 0 Å². The summed E-state index contributed by atoms with van der Waals surface area (Å²) in [7, 11) is 0.